The first-order chi connectivity index (χ1) is 20.4. The van der Waals surface area contributed by atoms with Gasteiger partial charge in [0, 0.05) is 22.8 Å². The predicted octanol–water partition coefficient (Wildman–Crippen LogP) is 7.26. The lowest BCUT2D eigenvalue weighted by Crippen LogP contribution is -2.42. The highest BCUT2D eigenvalue weighted by atomic mass is 79.9. The number of ether oxygens (including phenoxy) is 2. The number of halogens is 5. The summed E-state index contributed by atoms with van der Waals surface area (Å²) in [6.45, 7) is 3.51. The van der Waals surface area contributed by atoms with Gasteiger partial charge in [0.15, 0.2) is 0 Å². The molecule has 0 radical (unpaired) electrons. The van der Waals surface area contributed by atoms with Gasteiger partial charge in [0.05, 0.1) is 41.7 Å². The van der Waals surface area contributed by atoms with Crippen LogP contribution in [0.2, 0.25) is 5.02 Å². The molecule has 3 aromatic carbocycles. The third-order valence-electron chi connectivity index (χ3n) is 7.00. The van der Waals surface area contributed by atoms with E-state index < -0.39 is 28.1 Å². The summed E-state index contributed by atoms with van der Waals surface area (Å²) in [4.78, 5) is 28.9. The van der Waals surface area contributed by atoms with Crippen molar-refractivity contribution in [3.8, 4) is 0 Å². The van der Waals surface area contributed by atoms with E-state index in [0.717, 1.165) is 22.2 Å². The minimum Gasteiger partial charge on any atom is -0.465 e. The molecule has 0 aliphatic carbocycles. The zero-order valence-electron chi connectivity index (χ0n) is 23.8. The largest absolute Gasteiger partial charge is 0.465 e. The molecule has 12 heteroatoms. The molecule has 0 saturated heterocycles. The highest BCUT2D eigenvalue weighted by molar-refractivity contribution is 9.10. The van der Waals surface area contributed by atoms with Gasteiger partial charge in [-0.15, -0.1) is 0 Å². The first-order valence-electron chi connectivity index (χ1n) is 13.4. The van der Waals surface area contributed by atoms with Crippen molar-refractivity contribution in [1.29, 1.82) is 0 Å². The number of methoxy groups -OCH3 is 1. The van der Waals surface area contributed by atoms with Crippen LogP contribution in [-0.2, 0) is 31.7 Å². The van der Waals surface area contributed by atoms with Crippen LogP contribution in [0.5, 0.6) is 0 Å². The summed E-state index contributed by atoms with van der Waals surface area (Å²) in [5, 5.41) is 5.49. The van der Waals surface area contributed by atoms with E-state index in [0.29, 0.717) is 24.4 Å². The molecule has 3 aromatic rings. The Hall–Kier alpha value is -3.41. The van der Waals surface area contributed by atoms with Crippen LogP contribution in [0.1, 0.15) is 30.5 Å². The summed E-state index contributed by atoms with van der Waals surface area (Å²) in [5.41, 5.74) is 0.170. The van der Waals surface area contributed by atoms with Crippen LogP contribution >= 0.6 is 27.5 Å². The van der Waals surface area contributed by atoms with E-state index in [2.05, 4.69) is 21.0 Å². The molecule has 1 heterocycles. The van der Waals surface area contributed by atoms with Crippen LogP contribution < -0.4 is 4.90 Å². The van der Waals surface area contributed by atoms with Gasteiger partial charge in [-0.25, -0.2) is 0 Å². The minimum atomic E-state index is -4.65. The molecule has 4 rings (SSSR count). The average Bonchev–Trinajstić information content (AvgIpc) is 3.30. The van der Waals surface area contributed by atoms with Crippen molar-refractivity contribution in [3.05, 3.63) is 92.9 Å². The molecule has 228 valence electrons. The molecular weight excluding hydrogens is 651 g/mol. The third-order valence-corrected chi connectivity index (χ3v) is 7.84. The fraction of sp³-hybridized carbons (Fsp3) is 0.323. The smallest absolute Gasteiger partial charge is 0.417 e. The number of carbonyl (C=O) groups excluding carboxylic acids is 2. The van der Waals surface area contributed by atoms with Crippen molar-refractivity contribution in [2.24, 2.45) is 10.5 Å². The highest BCUT2D eigenvalue weighted by Gasteiger charge is 2.48. The molecular formula is C31H30BrClF3N3O4. The number of hydrogen-bond acceptors (Lipinski definition) is 6. The molecule has 0 spiro atoms. The SMILES string of the molecule is CCOC(=O)C1(C)CN(CC(=O)N(c2ccc(Br)cc2)c2ccccc2CCOC)N=C1c1ccc(C(F)(F)F)c(Cl)c1. The van der Waals surface area contributed by atoms with Crippen LogP contribution in [0.3, 0.4) is 0 Å². The molecule has 0 aromatic heterocycles. The second-order valence-electron chi connectivity index (χ2n) is 10.1. The number of carbonyl (C=O) groups is 2. The van der Waals surface area contributed by atoms with E-state index in [9.17, 15) is 22.8 Å². The van der Waals surface area contributed by atoms with Crippen LogP contribution in [0, 0.1) is 5.41 Å². The third kappa shape index (κ3) is 7.22. The Morgan fingerprint density at radius 3 is 2.44 bits per heavy atom. The van der Waals surface area contributed by atoms with Crippen molar-refractivity contribution in [2.45, 2.75) is 26.4 Å². The van der Waals surface area contributed by atoms with Crippen LogP contribution in [0.15, 0.2) is 76.3 Å². The lowest BCUT2D eigenvalue weighted by molar-refractivity contribution is -0.150. The molecule has 1 aliphatic rings. The van der Waals surface area contributed by atoms with Gasteiger partial charge in [-0.3, -0.25) is 19.5 Å². The first kappa shape index (κ1) is 32.5. The van der Waals surface area contributed by atoms with E-state index in [1.807, 2.05) is 36.4 Å². The summed E-state index contributed by atoms with van der Waals surface area (Å²) in [5.74, 6) is -0.955. The normalized spacial score (nSPS) is 16.7. The van der Waals surface area contributed by atoms with Gasteiger partial charge >= 0.3 is 12.1 Å². The zero-order chi connectivity index (χ0) is 31.4. The van der Waals surface area contributed by atoms with E-state index in [1.165, 1.54) is 11.1 Å². The van der Waals surface area contributed by atoms with Gasteiger partial charge in [-0.1, -0.05) is 51.8 Å². The number of amides is 1. The maximum atomic E-state index is 14.1. The summed E-state index contributed by atoms with van der Waals surface area (Å²) >= 11 is 9.44. The Balaban J connectivity index is 1.73. The summed E-state index contributed by atoms with van der Waals surface area (Å²) in [6.07, 6.45) is -4.08. The molecule has 1 aliphatic heterocycles. The van der Waals surface area contributed by atoms with Gasteiger partial charge in [0.25, 0.3) is 5.91 Å². The predicted molar refractivity (Wildman–Crippen MR) is 163 cm³/mol. The van der Waals surface area contributed by atoms with E-state index in [-0.39, 0.29) is 36.9 Å². The summed E-state index contributed by atoms with van der Waals surface area (Å²) in [6, 6.07) is 18.0. The minimum absolute atomic E-state index is 0.0367. The first-order valence-corrected chi connectivity index (χ1v) is 14.6. The lowest BCUT2D eigenvalue weighted by Gasteiger charge is -2.28. The second kappa shape index (κ2) is 13.5. The van der Waals surface area contributed by atoms with Gasteiger partial charge in [-0.05, 0) is 68.3 Å². The Bertz CT molecular complexity index is 1520. The number of para-hydroxylation sites is 1. The molecule has 1 amide bonds. The summed E-state index contributed by atoms with van der Waals surface area (Å²) in [7, 11) is 1.60. The average molecular weight is 681 g/mol. The van der Waals surface area contributed by atoms with E-state index in [4.69, 9.17) is 21.1 Å². The number of hydrogen-bond donors (Lipinski definition) is 0. The quantitative estimate of drug-likeness (QED) is 0.211. The van der Waals surface area contributed by atoms with Crippen molar-refractivity contribution in [2.75, 3.05) is 38.3 Å². The van der Waals surface area contributed by atoms with Crippen molar-refractivity contribution in [1.82, 2.24) is 5.01 Å². The lowest BCUT2D eigenvalue weighted by atomic mass is 9.82. The zero-order valence-corrected chi connectivity index (χ0v) is 26.1. The molecule has 0 bridgehead atoms. The number of hydrazone groups is 1. The topological polar surface area (TPSA) is 71.4 Å². The van der Waals surface area contributed by atoms with Gasteiger partial charge in [0.1, 0.15) is 12.0 Å². The van der Waals surface area contributed by atoms with Crippen LogP contribution in [0.4, 0.5) is 24.5 Å². The second-order valence-corrected chi connectivity index (χ2v) is 11.4. The highest BCUT2D eigenvalue weighted by Crippen LogP contribution is 2.39. The Labute approximate surface area is 261 Å². The number of anilines is 2. The molecule has 43 heavy (non-hydrogen) atoms. The Morgan fingerprint density at radius 2 is 1.81 bits per heavy atom. The number of esters is 1. The molecule has 1 atom stereocenters. The monoisotopic (exact) mass is 679 g/mol. The molecule has 1 unspecified atom stereocenters. The van der Waals surface area contributed by atoms with Gasteiger partial charge in [0.2, 0.25) is 0 Å². The fourth-order valence-corrected chi connectivity index (χ4v) is 5.48. The Kier molecular flexibility index (Phi) is 10.2. The van der Waals surface area contributed by atoms with Crippen LogP contribution in [0.25, 0.3) is 0 Å². The molecule has 0 fully saturated rings. The van der Waals surface area contributed by atoms with Gasteiger partial charge in [-0.2, -0.15) is 18.3 Å². The van der Waals surface area contributed by atoms with E-state index >= 15 is 0 Å². The van der Waals surface area contributed by atoms with Crippen molar-refractivity contribution in [3.63, 3.8) is 0 Å². The molecule has 7 nitrogen and oxygen atoms in total. The fourth-order valence-electron chi connectivity index (χ4n) is 4.93. The number of nitrogens with zero attached hydrogens (tertiary/aromatic N) is 3. The van der Waals surface area contributed by atoms with Crippen molar-refractivity contribution < 1.29 is 32.2 Å². The number of rotatable bonds is 10. The summed E-state index contributed by atoms with van der Waals surface area (Å²) < 4.78 is 51.5. The van der Waals surface area contributed by atoms with Gasteiger partial charge < -0.3 is 9.47 Å². The molecule has 0 N–H and O–H groups in total. The standard InChI is InChI=1S/C31H30BrClF3N3O4/c1-4-43-29(41)30(2)19-38(37-28(30)21-9-14-24(25(33)17-21)31(34,35)36)18-27(40)39(23-12-10-22(32)11-13-23)26-8-6-5-7-20(26)15-16-42-3/h5-14,17H,4,15-16,18-19H2,1-3H3. The van der Waals surface area contributed by atoms with Crippen molar-refractivity contribution >= 4 is 56.5 Å². The number of benzene rings is 3. The Morgan fingerprint density at radius 1 is 1.12 bits per heavy atom. The molecule has 0 saturated carbocycles. The maximum Gasteiger partial charge on any atom is 0.417 e. The van der Waals surface area contributed by atoms with E-state index in [1.54, 1.807) is 38.0 Å². The maximum absolute atomic E-state index is 14.1. The van der Waals surface area contributed by atoms with Crippen LogP contribution in [-0.4, -0.2) is 56.0 Å². The number of alkyl halides is 3.